The molecule has 3 fully saturated rings. The zero-order valence-corrected chi connectivity index (χ0v) is 19.0. The predicted octanol–water partition coefficient (Wildman–Crippen LogP) is 3.43. The fraction of sp³-hybridized carbons (Fsp3) is 0.640. The maximum atomic E-state index is 13.3. The molecule has 0 N–H and O–H groups in total. The first-order valence-electron chi connectivity index (χ1n) is 11.7. The molecule has 1 aromatic carbocycles. The van der Waals surface area contributed by atoms with Crippen LogP contribution in [0.25, 0.3) is 0 Å². The molecule has 32 heavy (non-hydrogen) atoms. The van der Waals surface area contributed by atoms with Crippen LogP contribution in [0.2, 0.25) is 0 Å². The Morgan fingerprint density at radius 2 is 1.88 bits per heavy atom. The van der Waals surface area contributed by atoms with Crippen LogP contribution >= 0.6 is 0 Å². The van der Waals surface area contributed by atoms with E-state index in [1.807, 2.05) is 24.3 Å². The summed E-state index contributed by atoms with van der Waals surface area (Å²) in [6.45, 7) is 0.580. The van der Waals surface area contributed by atoms with Crippen molar-refractivity contribution in [3.05, 3.63) is 29.8 Å². The van der Waals surface area contributed by atoms with Crippen molar-refractivity contribution in [2.24, 2.45) is 5.41 Å². The van der Waals surface area contributed by atoms with E-state index in [4.69, 9.17) is 14.2 Å². The lowest BCUT2D eigenvalue weighted by atomic mass is 9.70. The van der Waals surface area contributed by atoms with Crippen LogP contribution in [0, 0.1) is 5.41 Å². The summed E-state index contributed by atoms with van der Waals surface area (Å²) in [5, 5.41) is 0. The smallest absolute Gasteiger partial charge is 0.321 e. The molecule has 3 aliphatic rings. The van der Waals surface area contributed by atoms with Gasteiger partial charge in [-0.25, -0.2) is 0 Å². The molecule has 2 saturated heterocycles. The number of methoxy groups -OCH3 is 2. The van der Waals surface area contributed by atoms with E-state index in [2.05, 4.69) is 4.90 Å². The van der Waals surface area contributed by atoms with Crippen molar-refractivity contribution in [3.8, 4) is 5.75 Å². The minimum absolute atomic E-state index is 0.0610. The van der Waals surface area contributed by atoms with Crippen molar-refractivity contribution in [2.75, 3.05) is 14.2 Å². The van der Waals surface area contributed by atoms with E-state index in [0.717, 1.165) is 49.8 Å². The van der Waals surface area contributed by atoms with Crippen LogP contribution < -0.4 is 4.74 Å². The van der Waals surface area contributed by atoms with Gasteiger partial charge in [-0.05, 0) is 56.2 Å². The van der Waals surface area contributed by atoms with Gasteiger partial charge in [0.15, 0.2) is 11.2 Å². The van der Waals surface area contributed by atoms with Crippen LogP contribution in [0.15, 0.2) is 24.3 Å². The third-order valence-electron chi connectivity index (χ3n) is 7.45. The first-order valence-corrected chi connectivity index (χ1v) is 11.7. The maximum Gasteiger partial charge on any atom is 0.321 e. The molecule has 2 heterocycles. The van der Waals surface area contributed by atoms with Gasteiger partial charge < -0.3 is 14.2 Å². The molecule has 7 nitrogen and oxygen atoms in total. The van der Waals surface area contributed by atoms with Crippen LogP contribution in [0.5, 0.6) is 5.75 Å². The van der Waals surface area contributed by atoms with Gasteiger partial charge in [-0.15, -0.1) is 0 Å². The fourth-order valence-electron chi connectivity index (χ4n) is 5.85. The van der Waals surface area contributed by atoms with Gasteiger partial charge in [0, 0.05) is 25.0 Å². The summed E-state index contributed by atoms with van der Waals surface area (Å²) in [7, 11) is 2.92. The quantitative estimate of drug-likeness (QED) is 0.472. The highest BCUT2D eigenvalue weighted by Crippen LogP contribution is 2.48. The number of ketones is 1. The average molecular weight is 444 g/mol. The van der Waals surface area contributed by atoms with Gasteiger partial charge in [0.1, 0.15) is 11.9 Å². The molecule has 1 aromatic rings. The molecule has 1 aliphatic carbocycles. The average Bonchev–Trinajstić information content (AvgIpc) is 3.12. The number of rotatable bonds is 7. The highest BCUT2D eigenvalue weighted by Gasteiger charge is 2.62. The Labute approximate surface area is 189 Å². The highest BCUT2D eigenvalue weighted by atomic mass is 16.5. The minimum Gasteiger partial charge on any atom is -0.497 e. The van der Waals surface area contributed by atoms with Crippen molar-refractivity contribution >= 4 is 17.7 Å². The molecule has 0 amide bonds. The number of fused-ring (bicyclic) bond motifs is 2. The summed E-state index contributed by atoms with van der Waals surface area (Å²) >= 11 is 0. The number of esters is 2. The number of hydrogen-bond acceptors (Lipinski definition) is 7. The van der Waals surface area contributed by atoms with Crippen LogP contribution in [0.4, 0.5) is 0 Å². The number of Topliss-reactive ketones (excluding diaryl/α,β-unsaturated/α-hetero) is 1. The van der Waals surface area contributed by atoms with Gasteiger partial charge in [-0.2, -0.15) is 0 Å². The minimum atomic E-state index is -1.51. The van der Waals surface area contributed by atoms with E-state index in [9.17, 15) is 14.4 Å². The van der Waals surface area contributed by atoms with Gasteiger partial charge in [0.2, 0.25) is 0 Å². The van der Waals surface area contributed by atoms with Crippen molar-refractivity contribution in [3.63, 3.8) is 0 Å². The molecule has 0 spiro atoms. The van der Waals surface area contributed by atoms with Crippen molar-refractivity contribution in [1.82, 2.24) is 4.90 Å². The maximum absolute atomic E-state index is 13.3. The molecule has 2 bridgehead atoms. The largest absolute Gasteiger partial charge is 0.497 e. The Bertz CT molecular complexity index is 864. The summed E-state index contributed by atoms with van der Waals surface area (Å²) in [6, 6.07) is 7.47. The van der Waals surface area contributed by atoms with E-state index in [-0.39, 0.29) is 36.8 Å². The third-order valence-corrected chi connectivity index (χ3v) is 7.45. The van der Waals surface area contributed by atoms with Gasteiger partial charge in [-0.3, -0.25) is 19.3 Å². The molecular formula is C25H33NO6. The number of ether oxygens (including phenoxy) is 3. The van der Waals surface area contributed by atoms with Gasteiger partial charge in [-0.1, -0.05) is 18.6 Å². The topological polar surface area (TPSA) is 82.1 Å². The van der Waals surface area contributed by atoms with Gasteiger partial charge in [0.25, 0.3) is 0 Å². The molecule has 7 heteroatoms. The molecule has 174 valence electrons. The van der Waals surface area contributed by atoms with Crippen molar-refractivity contribution < 1.29 is 28.6 Å². The van der Waals surface area contributed by atoms with E-state index < -0.39 is 17.4 Å². The number of carbonyl (C=O) groups is 3. The Kier molecular flexibility index (Phi) is 6.84. The fourth-order valence-corrected chi connectivity index (χ4v) is 5.85. The van der Waals surface area contributed by atoms with Crippen LogP contribution in [0.1, 0.15) is 63.4 Å². The predicted molar refractivity (Wildman–Crippen MR) is 117 cm³/mol. The van der Waals surface area contributed by atoms with Crippen LogP contribution in [-0.4, -0.2) is 55.0 Å². The number of nitrogens with zero attached hydrogens (tertiary/aromatic N) is 1. The molecule has 0 radical (unpaired) electrons. The lowest BCUT2D eigenvalue weighted by Crippen LogP contribution is -2.61. The zero-order chi connectivity index (χ0) is 22.7. The van der Waals surface area contributed by atoms with Crippen LogP contribution in [0.3, 0.4) is 0 Å². The monoisotopic (exact) mass is 443 g/mol. The molecular weight excluding hydrogens is 410 g/mol. The Morgan fingerprint density at radius 3 is 2.59 bits per heavy atom. The normalized spacial score (nSPS) is 28.4. The second-order valence-corrected chi connectivity index (χ2v) is 9.29. The van der Waals surface area contributed by atoms with E-state index in [1.165, 1.54) is 7.11 Å². The summed E-state index contributed by atoms with van der Waals surface area (Å²) in [5.41, 5.74) is -0.467. The summed E-state index contributed by atoms with van der Waals surface area (Å²) < 4.78 is 16.2. The summed E-state index contributed by atoms with van der Waals surface area (Å²) in [6.07, 6.45) is 6.29. The summed E-state index contributed by atoms with van der Waals surface area (Å²) in [5.74, 6) is -0.524. The van der Waals surface area contributed by atoms with Crippen LogP contribution in [-0.2, 0) is 30.4 Å². The Hall–Kier alpha value is -2.41. The molecule has 4 rings (SSSR count). The first kappa shape index (κ1) is 22.8. The molecule has 1 saturated carbocycles. The van der Waals surface area contributed by atoms with Gasteiger partial charge >= 0.3 is 11.9 Å². The highest BCUT2D eigenvalue weighted by molar-refractivity contribution is 6.08. The Morgan fingerprint density at radius 1 is 1.09 bits per heavy atom. The van der Waals surface area contributed by atoms with E-state index >= 15 is 0 Å². The molecule has 3 atom stereocenters. The number of piperidine rings is 1. The second-order valence-electron chi connectivity index (χ2n) is 9.29. The molecule has 0 aromatic heterocycles. The molecule has 0 unspecified atom stereocenters. The second kappa shape index (κ2) is 9.61. The first-order chi connectivity index (χ1) is 15.5. The molecule has 2 aliphatic heterocycles. The lowest BCUT2D eigenvalue weighted by molar-refractivity contribution is -0.175. The van der Waals surface area contributed by atoms with E-state index in [1.54, 1.807) is 7.11 Å². The number of hydrogen-bond donors (Lipinski definition) is 0. The zero-order valence-electron chi connectivity index (χ0n) is 19.0. The third kappa shape index (κ3) is 4.27. The lowest BCUT2D eigenvalue weighted by Gasteiger charge is -2.45. The van der Waals surface area contributed by atoms with Crippen molar-refractivity contribution in [1.29, 1.82) is 0 Å². The van der Waals surface area contributed by atoms with Gasteiger partial charge in [0.05, 0.1) is 20.6 Å². The number of benzene rings is 1. The van der Waals surface area contributed by atoms with E-state index in [0.29, 0.717) is 13.0 Å². The SMILES string of the molecule is COC(=O)[C@@]1(CC(=O)OC2CCCCC2)C(=O)C[C@H]2CC[C@H]1N2Cc1cccc(OC)c1. The van der Waals surface area contributed by atoms with Crippen molar-refractivity contribution in [2.45, 2.75) is 82.5 Å². The summed E-state index contributed by atoms with van der Waals surface area (Å²) in [4.78, 5) is 41.6. The standard InChI is InChI=1S/C25H33NO6/c1-30-20-10-6-7-17(13-20)16-26-18-11-12-21(26)25(22(27)14-18,24(29)31-2)15-23(28)32-19-8-4-3-5-9-19/h6-7,10,13,18-19,21H,3-5,8-9,11-12,14-16H2,1-2H3/t18-,21-,25-/m1/s1. The number of carbonyl (C=O) groups excluding carboxylic acids is 3. The Balaban J connectivity index is 1.59.